The number of nitrogens with one attached hydrogen (secondary N) is 1. The van der Waals surface area contributed by atoms with E-state index in [2.05, 4.69) is 5.32 Å². The van der Waals surface area contributed by atoms with Gasteiger partial charge in [0, 0.05) is 38.6 Å². The van der Waals surface area contributed by atoms with Crippen molar-refractivity contribution in [1.82, 2.24) is 15.1 Å². The minimum absolute atomic E-state index is 0.0170. The van der Waals surface area contributed by atoms with Crippen molar-refractivity contribution in [2.75, 3.05) is 26.2 Å². The van der Waals surface area contributed by atoms with Gasteiger partial charge in [-0.3, -0.25) is 4.79 Å². The first-order chi connectivity index (χ1) is 9.63. The third-order valence-corrected chi connectivity index (χ3v) is 4.94. The molecule has 3 fully saturated rings. The Morgan fingerprint density at radius 1 is 1.25 bits per heavy atom. The van der Waals surface area contributed by atoms with Gasteiger partial charge >= 0.3 is 6.03 Å². The summed E-state index contributed by atoms with van der Waals surface area (Å²) >= 11 is 0. The fourth-order valence-corrected chi connectivity index (χ4v) is 3.60. The third-order valence-electron chi connectivity index (χ3n) is 4.94. The van der Waals surface area contributed by atoms with Crippen molar-refractivity contribution in [3.05, 3.63) is 0 Å². The molecule has 0 radical (unpaired) electrons. The molecule has 0 aromatic heterocycles. The molecule has 1 aliphatic carbocycles. The van der Waals surface area contributed by atoms with Crippen molar-refractivity contribution in [3.63, 3.8) is 0 Å². The fraction of sp³-hybridized carbons (Fsp3) is 0.857. The smallest absolute Gasteiger partial charge is 0.317 e. The second-order valence-corrected chi connectivity index (χ2v) is 6.36. The number of nitrogens with zero attached hydrogens (tertiary/aromatic N) is 2. The average Bonchev–Trinajstić information content (AvgIpc) is 2.82. The molecule has 3 rings (SSSR count). The van der Waals surface area contributed by atoms with Gasteiger partial charge in [-0.2, -0.15) is 0 Å². The number of carbonyl (C=O) groups is 2. The van der Waals surface area contributed by atoms with Crippen LogP contribution in [0, 0.1) is 5.92 Å². The van der Waals surface area contributed by atoms with Crippen LogP contribution >= 0.6 is 0 Å². The predicted molar refractivity (Wildman–Crippen MR) is 75.0 cm³/mol. The van der Waals surface area contributed by atoms with Crippen molar-refractivity contribution >= 4 is 11.9 Å². The van der Waals surface area contributed by atoms with Crippen molar-refractivity contribution in [2.45, 2.75) is 44.2 Å². The molecule has 1 unspecified atom stereocenters. The summed E-state index contributed by atoms with van der Waals surface area (Å²) in [4.78, 5) is 27.7. The number of nitrogens with two attached hydrogens (primary N) is 1. The van der Waals surface area contributed by atoms with Crippen LogP contribution in [0.15, 0.2) is 0 Å². The molecule has 3 amide bonds. The van der Waals surface area contributed by atoms with Crippen LogP contribution < -0.4 is 11.1 Å². The number of piperazine rings is 1. The number of hydrogen-bond donors (Lipinski definition) is 2. The Kier molecular flexibility index (Phi) is 3.83. The summed E-state index contributed by atoms with van der Waals surface area (Å²) in [6.07, 6.45) is 4.91. The number of amides is 3. The van der Waals surface area contributed by atoms with Gasteiger partial charge in [0.05, 0.1) is 6.04 Å². The zero-order valence-corrected chi connectivity index (χ0v) is 11.9. The van der Waals surface area contributed by atoms with E-state index in [1.807, 2.05) is 9.80 Å². The van der Waals surface area contributed by atoms with Gasteiger partial charge < -0.3 is 20.9 Å². The molecule has 2 aliphatic heterocycles. The van der Waals surface area contributed by atoms with Crippen molar-refractivity contribution < 1.29 is 9.59 Å². The largest absolute Gasteiger partial charge is 0.339 e. The number of urea groups is 1. The lowest BCUT2D eigenvalue weighted by atomic mass is 9.84. The molecule has 1 saturated carbocycles. The lowest BCUT2D eigenvalue weighted by molar-refractivity contribution is -0.134. The Balaban J connectivity index is 1.50. The van der Waals surface area contributed by atoms with E-state index in [1.54, 1.807) is 0 Å². The van der Waals surface area contributed by atoms with E-state index in [4.69, 9.17) is 5.73 Å². The summed E-state index contributed by atoms with van der Waals surface area (Å²) in [7, 11) is 0. The summed E-state index contributed by atoms with van der Waals surface area (Å²) in [6.45, 7) is 2.69. The SMILES string of the molecule is NC1CCC(CC(=O)N2CCN3C(=O)NCC3C2)CC1. The Morgan fingerprint density at radius 3 is 2.75 bits per heavy atom. The first kappa shape index (κ1) is 13.7. The summed E-state index contributed by atoms with van der Waals surface area (Å²) in [5, 5.41) is 2.84. The highest BCUT2D eigenvalue weighted by Gasteiger charge is 2.37. The Morgan fingerprint density at radius 2 is 2.00 bits per heavy atom. The molecule has 6 nitrogen and oxygen atoms in total. The second kappa shape index (κ2) is 5.60. The average molecular weight is 280 g/mol. The van der Waals surface area contributed by atoms with Crippen molar-refractivity contribution in [2.24, 2.45) is 11.7 Å². The van der Waals surface area contributed by atoms with Gasteiger partial charge in [-0.25, -0.2) is 4.79 Å². The maximum atomic E-state index is 12.4. The zero-order valence-electron chi connectivity index (χ0n) is 11.9. The molecule has 1 atom stereocenters. The van der Waals surface area contributed by atoms with E-state index < -0.39 is 0 Å². The van der Waals surface area contributed by atoms with Gasteiger partial charge in [0.25, 0.3) is 0 Å². The molecule has 0 bridgehead atoms. The van der Waals surface area contributed by atoms with E-state index >= 15 is 0 Å². The summed E-state index contributed by atoms with van der Waals surface area (Å²) in [5.74, 6) is 0.758. The molecule has 3 N–H and O–H groups in total. The molecule has 0 spiro atoms. The van der Waals surface area contributed by atoms with Crippen LogP contribution in [0.3, 0.4) is 0 Å². The van der Waals surface area contributed by atoms with E-state index in [0.717, 1.165) is 25.7 Å². The van der Waals surface area contributed by atoms with Gasteiger partial charge in [-0.1, -0.05) is 0 Å². The number of hydrogen-bond acceptors (Lipinski definition) is 3. The number of carbonyl (C=O) groups excluding carboxylic acids is 2. The minimum Gasteiger partial charge on any atom is -0.339 e. The number of rotatable bonds is 2. The summed E-state index contributed by atoms with van der Waals surface area (Å²) < 4.78 is 0. The first-order valence-electron chi connectivity index (χ1n) is 7.71. The normalized spacial score (nSPS) is 33.9. The van der Waals surface area contributed by atoms with E-state index in [1.165, 1.54) is 0 Å². The maximum Gasteiger partial charge on any atom is 0.317 e. The lowest BCUT2D eigenvalue weighted by Gasteiger charge is -2.37. The predicted octanol–water partition coefficient (Wildman–Crippen LogP) is 0.130. The van der Waals surface area contributed by atoms with E-state index in [9.17, 15) is 9.59 Å². The summed E-state index contributed by atoms with van der Waals surface area (Å²) in [5.41, 5.74) is 5.90. The second-order valence-electron chi connectivity index (χ2n) is 6.36. The quantitative estimate of drug-likeness (QED) is 0.754. The lowest BCUT2D eigenvalue weighted by Crippen LogP contribution is -2.54. The molecular weight excluding hydrogens is 256 g/mol. The van der Waals surface area contributed by atoms with Crippen LogP contribution in [0.4, 0.5) is 4.79 Å². The topological polar surface area (TPSA) is 78.7 Å². The molecule has 0 aromatic rings. The number of fused-ring (bicyclic) bond motifs is 1. The van der Waals surface area contributed by atoms with Crippen molar-refractivity contribution in [1.29, 1.82) is 0 Å². The van der Waals surface area contributed by atoms with Gasteiger partial charge in [-0.05, 0) is 31.6 Å². The molecule has 2 saturated heterocycles. The maximum absolute atomic E-state index is 12.4. The molecule has 6 heteroatoms. The monoisotopic (exact) mass is 280 g/mol. The van der Waals surface area contributed by atoms with Gasteiger partial charge in [-0.15, -0.1) is 0 Å². The van der Waals surface area contributed by atoms with Crippen LogP contribution in [0.25, 0.3) is 0 Å². The molecular formula is C14H24N4O2. The van der Waals surface area contributed by atoms with Crippen LogP contribution in [0.2, 0.25) is 0 Å². The van der Waals surface area contributed by atoms with Crippen LogP contribution in [-0.4, -0.2) is 60.0 Å². The minimum atomic E-state index is 0.0170. The molecule has 3 aliphatic rings. The Labute approximate surface area is 119 Å². The fourth-order valence-electron chi connectivity index (χ4n) is 3.60. The molecule has 112 valence electrons. The Hall–Kier alpha value is -1.30. The van der Waals surface area contributed by atoms with Gasteiger partial charge in [0.1, 0.15) is 0 Å². The highest BCUT2D eigenvalue weighted by molar-refractivity contribution is 5.79. The van der Waals surface area contributed by atoms with Crippen molar-refractivity contribution in [3.8, 4) is 0 Å². The third kappa shape index (κ3) is 2.75. The van der Waals surface area contributed by atoms with E-state index in [0.29, 0.717) is 44.6 Å². The zero-order chi connectivity index (χ0) is 14.1. The molecule has 20 heavy (non-hydrogen) atoms. The van der Waals surface area contributed by atoms with Crippen LogP contribution in [0.1, 0.15) is 32.1 Å². The highest BCUT2D eigenvalue weighted by Crippen LogP contribution is 2.27. The van der Waals surface area contributed by atoms with Crippen LogP contribution in [-0.2, 0) is 4.79 Å². The highest BCUT2D eigenvalue weighted by atomic mass is 16.2. The standard InChI is InChI=1S/C14H24N4O2/c15-11-3-1-10(2-4-11)7-13(19)17-5-6-18-12(9-17)8-16-14(18)20/h10-12H,1-9,15H2,(H,16,20). The summed E-state index contributed by atoms with van der Waals surface area (Å²) in [6, 6.07) is 0.517. The van der Waals surface area contributed by atoms with Crippen LogP contribution in [0.5, 0.6) is 0 Å². The van der Waals surface area contributed by atoms with Gasteiger partial charge in [0.15, 0.2) is 0 Å². The Bertz CT molecular complexity index is 393. The first-order valence-corrected chi connectivity index (χ1v) is 7.71. The molecule has 0 aromatic carbocycles. The van der Waals surface area contributed by atoms with E-state index in [-0.39, 0.29) is 18.0 Å². The molecule has 2 heterocycles. The van der Waals surface area contributed by atoms with Gasteiger partial charge in [0.2, 0.25) is 5.91 Å².